The molecule has 102 valence electrons. The van der Waals surface area contributed by atoms with Crippen molar-refractivity contribution in [2.75, 3.05) is 0 Å². The van der Waals surface area contributed by atoms with Crippen LogP contribution in [-0.4, -0.2) is 28.2 Å². The van der Waals surface area contributed by atoms with Crippen LogP contribution in [-0.2, 0) is 14.4 Å². The lowest BCUT2D eigenvalue weighted by molar-refractivity contribution is -0.146. The van der Waals surface area contributed by atoms with Crippen LogP contribution in [0.1, 0.15) is 47.0 Å². The van der Waals surface area contributed by atoms with E-state index in [1.165, 1.54) is 4.90 Å². The normalized spacial score (nSPS) is 22.4. The lowest BCUT2D eigenvalue weighted by Crippen LogP contribution is -2.50. The Bertz CT molecular complexity index is 376. The van der Waals surface area contributed by atoms with Crippen molar-refractivity contribution < 1.29 is 14.4 Å². The number of hydrogen-bond acceptors (Lipinski definition) is 3. The summed E-state index contributed by atoms with van der Waals surface area (Å²) in [5.74, 6) is -0.949. The SMILES string of the molecule is CCC(C)C1CC(=O)N(C(C)(C)CC(N)=O)C1=O. The summed E-state index contributed by atoms with van der Waals surface area (Å²) >= 11 is 0. The molecule has 2 atom stereocenters. The molecule has 2 unspecified atom stereocenters. The standard InChI is InChI=1S/C13H22N2O3/c1-5-8(2)9-6-11(17)15(12(9)18)13(3,4)7-10(14)16/h8-9H,5-7H2,1-4H3,(H2,14,16). The van der Waals surface area contributed by atoms with Crippen LogP contribution in [0.5, 0.6) is 0 Å². The van der Waals surface area contributed by atoms with Gasteiger partial charge in [0.2, 0.25) is 17.7 Å². The van der Waals surface area contributed by atoms with E-state index in [0.717, 1.165) is 6.42 Å². The Morgan fingerprint density at radius 1 is 1.50 bits per heavy atom. The van der Waals surface area contributed by atoms with E-state index in [4.69, 9.17) is 5.73 Å². The molecule has 0 aromatic carbocycles. The van der Waals surface area contributed by atoms with E-state index in [9.17, 15) is 14.4 Å². The lowest BCUT2D eigenvalue weighted by Gasteiger charge is -2.33. The van der Waals surface area contributed by atoms with Crippen molar-refractivity contribution in [2.24, 2.45) is 17.6 Å². The van der Waals surface area contributed by atoms with Crippen LogP contribution >= 0.6 is 0 Å². The number of hydrogen-bond donors (Lipinski definition) is 1. The summed E-state index contributed by atoms with van der Waals surface area (Å²) in [5, 5.41) is 0. The van der Waals surface area contributed by atoms with Gasteiger partial charge >= 0.3 is 0 Å². The predicted octanol–water partition coefficient (Wildman–Crippen LogP) is 1.06. The van der Waals surface area contributed by atoms with Crippen LogP contribution in [0.2, 0.25) is 0 Å². The molecule has 0 saturated carbocycles. The highest BCUT2D eigenvalue weighted by molar-refractivity contribution is 6.04. The van der Waals surface area contributed by atoms with Crippen LogP contribution in [0.4, 0.5) is 0 Å². The Morgan fingerprint density at radius 2 is 2.06 bits per heavy atom. The fourth-order valence-electron chi connectivity index (χ4n) is 2.53. The molecule has 0 spiro atoms. The zero-order valence-electron chi connectivity index (χ0n) is 11.5. The average molecular weight is 254 g/mol. The highest BCUT2D eigenvalue weighted by Gasteiger charge is 2.47. The van der Waals surface area contributed by atoms with Crippen LogP contribution in [0.15, 0.2) is 0 Å². The minimum absolute atomic E-state index is 0.00228. The van der Waals surface area contributed by atoms with Gasteiger partial charge in [0.1, 0.15) is 0 Å². The Balaban J connectivity index is 2.94. The highest BCUT2D eigenvalue weighted by Crippen LogP contribution is 2.34. The Hall–Kier alpha value is -1.39. The summed E-state index contributed by atoms with van der Waals surface area (Å²) in [6.07, 6.45) is 1.10. The second-order valence-electron chi connectivity index (χ2n) is 5.72. The van der Waals surface area contributed by atoms with Gasteiger partial charge in [-0.2, -0.15) is 0 Å². The van der Waals surface area contributed by atoms with Crippen LogP contribution < -0.4 is 5.73 Å². The summed E-state index contributed by atoms with van der Waals surface area (Å²) in [6.45, 7) is 7.37. The molecule has 1 saturated heterocycles. The number of nitrogens with zero attached hydrogens (tertiary/aromatic N) is 1. The third kappa shape index (κ3) is 2.71. The molecule has 0 bridgehead atoms. The molecule has 5 heteroatoms. The fourth-order valence-corrected chi connectivity index (χ4v) is 2.53. The van der Waals surface area contributed by atoms with Gasteiger partial charge in [-0.25, -0.2) is 0 Å². The predicted molar refractivity (Wildman–Crippen MR) is 67.3 cm³/mol. The quantitative estimate of drug-likeness (QED) is 0.745. The molecule has 0 aromatic heterocycles. The Kier molecular flexibility index (Phi) is 4.14. The van der Waals surface area contributed by atoms with Crippen molar-refractivity contribution in [2.45, 2.75) is 52.5 Å². The third-order valence-corrected chi connectivity index (χ3v) is 3.72. The van der Waals surface area contributed by atoms with Gasteiger partial charge in [0.25, 0.3) is 0 Å². The first-order chi connectivity index (χ1) is 8.20. The highest BCUT2D eigenvalue weighted by atomic mass is 16.2. The van der Waals surface area contributed by atoms with E-state index in [2.05, 4.69) is 0 Å². The summed E-state index contributed by atoms with van der Waals surface area (Å²) in [4.78, 5) is 36.6. The topological polar surface area (TPSA) is 80.5 Å². The van der Waals surface area contributed by atoms with E-state index in [1.54, 1.807) is 13.8 Å². The van der Waals surface area contributed by atoms with E-state index in [0.29, 0.717) is 0 Å². The monoisotopic (exact) mass is 254 g/mol. The summed E-state index contributed by atoms with van der Waals surface area (Å²) < 4.78 is 0. The molecule has 1 fully saturated rings. The number of likely N-dealkylation sites (tertiary alicyclic amines) is 1. The zero-order valence-corrected chi connectivity index (χ0v) is 11.5. The number of nitrogens with two attached hydrogens (primary N) is 1. The maximum atomic E-state index is 12.3. The summed E-state index contributed by atoms with van der Waals surface area (Å²) in [7, 11) is 0. The van der Waals surface area contributed by atoms with Crippen molar-refractivity contribution in [3.05, 3.63) is 0 Å². The van der Waals surface area contributed by atoms with Gasteiger partial charge in [-0.1, -0.05) is 20.3 Å². The van der Waals surface area contributed by atoms with E-state index in [-0.39, 0.29) is 36.5 Å². The van der Waals surface area contributed by atoms with E-state index >= 15 is 0 Å². The van der Waals surface area contributed by atoms with Crippen molar-refractivity contribution >= 4 is 17.7 Å². The minimum Gasteiger partial charge on any atom is -0.370 e. The minimum atomic E-state index is -0.831. The molecule has 0 aromatic rings. The zero-order chi connectivity index (χ0) is 14.1. The summed E-state index contributed by atoms with van der Waals surface area (Å²) in [6, 6.07) is 0. The first-order valence-corrected chi connectivity index (χ1v) is 6.36. The largest absolute Gasteiger partial charge is 0.370 e. The van der Waals surface area contributed by atoms with Crippen LogP contribution in [0.25, 0.3) is 0 Å². The number of rotatable bonds is 5. The van der Waals surface area contributed by atoms with Crippen molar-refractivity contribution in [3.8, 4) is 0 Å². The molecule has 0 radical (unpaired) electrons. The van der Waals surface area contributed by atoms with Crippen molar-refractivity contribution in [1.82, 2.24) is 4.90 Å². The maximum absolute atomic E-state index is 12.3. The van der Waals surface area contributed by atoms with Crippen LogP contribution in [0.3, 0.4) is 0 Å². The number of imide groups is 1. The van der Waals surface area contributed by atoms with Crippen LogP contribution in [0, 0.1) is 11.8 Å². The maximum Gasteiger partial charge on any atom is 0.233 e. The van der Waals surface area contributed by atoms with Gasteiger partial charge in [-0.3, -0.25) is 19.3 Å². The first kappa shape index (κ1) is 14.7. The molecule has 3 amide bonds. The molecular weight excluding hydrogens is 232 g/mol. The van der Waals surface area contributed by atoms with Gasteiger partial charge in [-0.05, 0) is 19.8 Å². The molecule has 1 heterocycles. The molecule has 2 N–H and O–H groups in total. The van der Waals surface area contributed by atoms with E-state index in [1.807, 2.05) is 13.8 Å². The second kappa shape index (κ2) is 5.08. The van der Waals surface area contributed by atoms with Crippen molar-refractivity contribution in [1.29, 1.82) is 0 Å². The molecule has 0 aliphatic carbocycles. The first-order valence-electron chi connectivity index (χ1n) is 6.36. The molecular formula is C13H22N2O3. The Labute approximate surface area is 108 Å². The lowest BCUT2D eigenvalue weighted by atomic mass is 9.90. The smallest absolute Gasteiger partial charge is 0.233 e. The van der Waals surface area contributed by atoms with Gasteiger partial charge in [0, 0.05) is 18.8 Å². The number of carbonyl (C=O) groups is 3. The van der Waals surface area contributed by atoms with Gasteiger partial charge in [0.15, 0.2) is 0 Å². The number of amides is 3. The number of primary amides is 1. The van der Waals surface area contributed by atoms with Crippen molar-refractivity contribution in [3.63, 3.8) is 0 Å². The molecule has 18 heavy (non-hydrogen) atoms. The Morgan fingerprint density at radius 3 is 2.50 bits per heavy atom. The van der Waals surface area contributed by atoms with Gasteiger partial charge in [0.05, 0.1) is 5.54 Å². The molecule has 1 aliphatic heterocycles. The summed E-state index contributed by atoms with van der Waals surface area (Å²) in [5.41, 5.74) is 4.34. The number of carbonyl (C=O) groups excluding carboxylic acids is 3. The van der Waals surface area contributed by atoms with E-state index < -0.39 is 11.4 Å². The van der Waals surface area contributed by atoms with Gasteiger partial charge < -0.3 is 5.73 Å². The van der Waals surface area contributed by atoms with Gasteiger partial charge in [-0.15, -0.1) is 0 Å². The molecule has 1 rings (SSSR count). The second-order valence-corrected chi connectivity index (χ2v) is 5.72. The third-order valence-electron chi connectivity index (χ3n) is 3.72. The average Bonchev–Trinajstić information content (AvgIpc) is 2.51. The molecule has 1 aliphatic rings. The fraction of sp³-hybridized carbons (Fsp3) is 0.769. The molecule has 5 nitrogen and oxygen atoms in total.